The molecule has 3 heteroatoms. The van der Waals surface area contributed by atoms with Crippen LogP contribution in [0.3, 0.4) is 0 Å². The Hall–Kier alpha value is -0.830. The van der Waals surface area contributed by atoms with Gasteiger partial charge in [0.25, 0.3) is 0 Å². The number of nitrogens with zero attached hydrogens (tertiary/aromatic N) is 2. The summed E-state index contributed by atoms with van der Waals surface area (Å²) in [6.45, 7) is 4.78. The SMILES string of the molecule is CCOCCCCn1ccnc1. The van der Waals surface area contributed by atoms with Crippen LogP contribution >= 0.6 is 0 Å². The normalized spacial score (nSPS) is 10.4. The van der Waals surface area contributed by atoms with Crippen molar-refractivity contribution in [2.75, 3.05) is 13.2 Å². The van der Waals surface area contributed by atoms with Gasteiger partial charge in [0.2, 0.25) is 0 Å². The predicted octanol–water partition coefficient (Wildman–Crippen LogP) is 1.70. The van der Waals surface area contributed by atoms with Crippen LogP contribution in [-0.4, -0.2) is 22.8 Å². The van der Waals surface area contributed by atoms with E-state index < -0.39 is 0 Å². The minimum Gasteiger partial charge on any atom is -0.382 e. The zero-order chi connectivity index (χ0) is 8.65. The number of unbranched alkanes of at least 4 members (excludes halogenated alkanes) is 1. The van der Waals surface area contributed by atoms with Gasteiger partial charge in [0, 0.05) is 32.2 Å². The van der Waals surface area contributed by atoms with Gasteiger partial charge in [-0.25, -0.2) is 4.98 Å². The lowest BCUT2D eigenvalue weighted by molar-refractivity contribution is 0.142. The van der Waals surface area contributed by atoms with Crippen molar-refractivity contribution in [3.05, 3.63) is 18.7 Å². The molecule has 0 atom stereocenters. The third kappa shape index (κ3) is 3.53. The molecular formula is C9H16N2O. The zero-order valence-electron chi connectivity index (χ0n) is 7.57. The van der Waals surface area contributed by atoms with Gasteiger partial charge in [-0.2, -0.15) is 0 Å². The number of hydrogen-bond acceptors (Lipinski definition) is 2. The van der Waals surface area contributed by atoms with Crippen LogP contribution in [0.25, 0.3) is 0 Å². The highest BCUT2D eigenvalue weighted by molar-refractivity contribution is 4.73. The van der Waals surface area contributed by atoms with E-state index in [9.17, 15) is 0 Å². The zero-order valence-corrected chi connectivity index (χ0v) is 7.57. The van der Waals surface area contributed by atoms with E-state index in [-0.39, 0.29) is 0 Å². The van der Waals surface area contributed by atoms with Crippen molar-refractivity contribution in [3.63, 3.8) is 0 Å². The average molecular weight is 168 g/mol. The second kappa shape index (κ2) is 5.77. The van der Waals surface area contributed by atoms with Crippen molar-refractivity contribution < 1.29 is 4.74 Å². The molecule has 0 bridgehead atoms. The fourth-order valence-electron chi connectivity index (χ4n) is 1.06. The first-order chi connectivity index (χ1) is 5.93. The fraction of sp³-hybridized carbons (Fsp3) is 0.667. The van der Waals surface area contributed by atoms with Crippen molar-refractivity contribution in [3.8, 4) is 0 Å². The van der Waals surface area contributed by atoms with Gasteiger partial charge >= 0.3 is 0 Å². The maximum absolute atomic E-state index is 5.23. The van der Waals surface area contributed by atoms with Gasteiger partial charge in [-0.1, -0.05) is 0 Å². The average Bonchev–Trinajstić information content (AvgIpc) is 2.57. The summed E-state index contributed by atoms with van der Waals surface area (Å²) >= 11 is 0. The number of ether oxygens (including phenoxy) is 1. The van der Waals surface area contributed by atoms with Gasteiger partial charge in [0.15, 0.2) is 0 Å². The fourth-order valence-corrected chi connectivity index (χ4v) is 1.06. The molecule has 68 valence electrons. The molecule has 0 unspecified atom stereocenters. The van der Waals surface area contributed by atoms with Crippen LogP contribution in [-0.2, 0) is 11.3 Å². The first-order valence-electron chi connectivity index (χ1n) is 4.47. The number of aromatic nitrogens is 2. The summed E-state index contributed by atoms with van der Waals surface area (Å²) in [5.41, 5.74) is 0. The van der Waals surface area contributed by atoms with E-state index in [0.29, 0.717) is 0 Å². The van der Waals surface area contributed by atoms with Gasteiger partial charge < -0.3 is 9.30 Å². The smallest absolute Gasteiger partial charge is 0.0945 e. The lowest BCUT2D eigenvalue weighted by Crippen LogP contribution is -1.98. The minimum atomic E-state index is 0.824. The number of imidazole rings is 1. The van der Waals surface area contributed by atoms with E-state index in [1.54, 1.807) is 0 Å². The highest BCUT2D eigenvalue weighted by Crippen LogP contribution is 1.95. The molecule has 1 aromatic heterocycles. The standard InChI is InChI=1S/C9H16N2O/c1-2-12-8-4-3-6-11-7-5-10-9-11/h5,7,9H,2-4,6,8H2,1H3. The molecule has 1 aromatic rings. The Morgan fingerprint density at radius 3 is 3.00 bits per heavy atom. The lowest BCUT2D eigenvalue weighted by atomic mass is 10.3. The Balaban J connectivity index is 1.96. The van der Waals surface area contributed by atoms with E-state index >= 15 is 0 Å². The molecule has 0 saturated carbocycles. The van der Waals surface area contributed by atoms with E-state index in [1.165, 1.54) is 0 Å². The first kappa shape index (κ1) is 9.26. The summed E-state index contributed by atoms with van der Waals surface area (Å²) in [7, 11) is 0. The summed E-state index contributed by atoms with van der Waals surface area (Å²) in [5.74, 6) is 0. The quantitative estimate of drug-likeness (QED) is 0.604. The van der Waals surface area contributed by atoms with Crippen LogP contribution in [0.2, 0.25) is 0 Å². The third-order valence-corrected chi connectivity index (χ3v) is 1.72. The van der Waals surface area contributed by atoms with Crippen molar-refractivity contribution in [1.29, 1.82) is 0 Å². The maximum Gasteiger partial charge on any atom is 0.0945 e. The summed E-state index contributed by atoms with van der Waals surface area (Å²) in [6.07, 6.45) is 7.94. The molecule has 1 rings (SSSR count). The second-order valence-corrected chi connectivity index (χ2v) is 2.70. The van der Waals surface area contributed by atoms with E-state index in [0.717, 1.165) is 32.6 Å². The lowest BCUT2D eigenvalue weighted by Gasteiger charge is -2.01. The van der Waals surface area contributed by atoms with Crippen LogP contribution in [0, 0.1) is 0 Å². The van der Waals surface area contributed by atoms with Crippen molar-refractivity contribution in [2.24, 2.45) is 0 Å². The van der Waals surface area contributed by atoms with Gasteiger partial charge in [-0.05, 0) is 19.8 Å². The number of rotatable bonds is 6. The molecule has 0 spiro atoms. The van der Waals surface area contributed by atoms with Gasteiger partial charge in [0.05, 0.1) is 6.33 Å². The summed E-state index contributed by atoms with van der Waals surface area (Å²) in [4.78, 5) is 3.97. The molecular weight excluding hydrogens is 152 g/mol. The largest absolute Gasteiger partial charge is 0.382 e. The minimum absolute atomic E-state index is 0.824. The highest BCUT2D eigenvalue weighted by atomic mass is 16.5. The Kier molecular flexibility index (Phi) is 4.46. The molecule has 0 saturated heterocycles. The number of hydrogen-bond donors (Lipinski definition) is 0. The van der Waals surface area contributed by atoms with Crippen LogP contribution in [0.15, 0.2) is 18.7 Å². The van der Waals surface area contributed by atoms with E-state index in [2.05, 4.69) is 9.55 Å². The highest BCUT2D eigenvalue weighted by Gasteiger charge is 1.90. The van der Waals surface area contributed by atoms with Crippen LogP contribution in [0.5, 0.6) is 0 Å². The number of aryl methyl sites for hydroxylation is 1. The predicted molar refractivity (Wildman–Crippen MR) is 48.0 cm³/mol. The van der Waals surface area contributed by atoms with Crippen molar-refractivity contribution in [2.45, 2.75) is 26.3 Å². The summed E-state index contributed by atoms with van der Waals surface area (Å²) < 4.78 is 7.32. The van der Waals surface area contributed by atoms with Crippen LogP contribution in [0.4, 0.5) is 0 Å². The summed E-state index contributed by atoms with van der Waals surface area (Å²) in [5, 5.41) is 0. The Bertz CT molecular complexity index is 184. The van der Waals surface area contributed by atoms with Crippen LogP contribution in [0.1, 0.15) is 19.8 Å². The van der Waals surface area contributed by atoms with E-state index in [1.807, 2.05) is 25.6 Å². The van der Waals surface area contributed by atoms with Crippen molar-refractivity contribution in [1.82, 2.24) is 9.55 Å². The van der Waals surface area contributed by atoms with Gasteiger partial charge in [0.1, 0.15) is 0 Å². The molecule has 0 amide bonds. The Labute approximate surface area is 73.4 Å². The Morgan fingerprint density at radius 1 is 1.42 bits per heavy atom. The molecule has 0 N–H and O–H groups in total. The molecule has 0 aromatic carbocycles. The third-order valence-electron chi connectivity index (χ3n) is 1.72. The molecule has 0 fully saturated rings. The molecule has 0 aliphatic rings. The molecule has 0 aliphatic carbocycles. The first-order valence-corrected chi connectivity index (χ1v) is 4.47. The molecule has 0 radical (unpaired) electrons. The topological polar surface area (TPSA) is 27.1 Å². The van der Waals surface area contributed by atoms with Crippen LogP contribution < -0.4 is 0 Å². The molecule has 0 aliphatic heterocycles. The molecule has 1 heterocycles. The molecule has 12 heavy (non-hydrogen) atoms. The maximum atomic E-state index is 5.23. The van der Waals surface area contributed by atoms with Crippen molar-refractivity contribution >= 4 is 0 Å². The van der Waals surface area contributed by atoms with Gasteiger partial charge in [-0.15, -0.1) is 0 Å². The molecule has 3 nitrogen and oxygen atoms in total. The van der Waals surface area contributed by atoms with Gasteiger partial charge in [-0.3, -0.25) is 0 Å². The summed E-state index contributed by atoms with van der Waals surface area (Å²) in [6, 6.07) is 0. The second-order valence-electron chi connectivity index (χ2n) is 2.70. The monoisotopic (exact) mass is 168 g/mol. The van der Waals surface area contributed by atoms with E-state index in [4.69, 9.17) is 4.74 Å². The Morgan fingerprint density at radius 2 is 2.33 bits per heavy atom.